The highest BCUT2D eigenvalue weighted by atomic mass is 35.5. The number of amides is 2. The summed E-state index contributed by atoms with van der Waals surface area (Å²) in [6, 6.07) is 13.4. The van der Waals surface area contributed by atoms with Gasteiger partial charge in [0.15, 0.2) is 6.61 Å². The standard InChI is InChI=1S/C19H20Cl2N2O3/c1-13(19(25)22-2)23(11-14-7-9-15(20)10-8-14)18(24)12-26-17-6-4-3-5-16(17)21/h3-10,13H,11-12H2,1-2H3,(H,22,25)/t13-/m0/s1. The lowest BCUT2D eigenvalue weighted by Crippen LogP contribution is -2.48. The topological polar surface area (TPSA) is 58.6 Å². The molecule has 7 heteroatoms. The number of carbonyl (C=O) groups excluding carboxylic acids is 2. The van der Waals surface area contributed by atoms with Crippen molar-refractivity contribution >= 4 is 35.0 Å². The van der Waals surface area contributed by atoms with E-state index in [1.807, 2.05) is 12.1 Å². The van der Waals surface area contributed by atoms with E-state index >= 15 is 0 Å². The molecule has 0 unspecified atom stereocenters. The van der Waals surface area contributed by atoms with E-state index in [-0.39, 0.29) is 25.0 Å². The van der Waals surface area contributed by atoms with Crippen molar-refractivity contribution in [1.82, 2.24) is 10.2 Å². The predicted octanol–water partition coefficient (Wildman–Crippen LogP) is 3.54. The monoisotopic (exact) mass is 394 g/mol. The molecule has 2 amide bonds. The molecule has 0 heterocycles. The number of halogens is 2. The van der Waals surface area contributed by atoms with Crippen LogP contribution < -0.4 is 10.1 Å². The van der Waals surface area contributed by atoms with Crippen LogP contribution in [0.25, 0.3) is 0 Å². The van der Waals surface area contributed by atoms with Crippen molar-refractivity contribution in [3.8, 4) is 5.75 Å². The summed E-state index contributed by atoms with van der Waals surface area (Å²) >= 11 is 11.9. The van der Waals surface area contributed by atoms with Crippen LogP contribution in [0.15, 0.2) is 48.5 Å². The van der Waals surface area contributed by atoms with Gasteiger partial charge in [-0.3, -0.25) is 9.59 Å². The second-order valence-electron chi connectivity index (χ2n) is 5.66. The molecule has 2 aromatic carbocycles. The van der Waals surface area contributed by atoms with Crippen molar-refractivity contribution in [1.29, 1.82) is 0 Å². The normalized spacial score (nSPS) is 11.5. The highest BCUT2D eigenvalue weighted by molar-refractivity contribution is 6.32. The molecule has 2 rings (SSSR count). The van der Waals surface area contributed by atoms with Gasteiger partial charge < -0.3 is 15.0 Å². The van der Waals surface area contributed by atoms with Crippen molar-refractivity contribution in [2.24, 2.45) is 0 Å². The van der Waals surface area contributed by atoms with Crippen LogP contribution in [-0.4, -0.2) is 36.4 Å². The number of hydrogen-bond donors (Lipinski definition) is 1. The van der Waals surface area contributed by atoms with Gasteiger partial charge in [-0.2, -0.15) is 0 Å². The zero-order chi connectivity index (χ0) is 19.1. The highest BCUT2D eigenvalue weighted by Gasteiger charge is 2.26. The van der Waals surface area contributed by atoms with E-state index in [4.69, 9.17) is 27.9 Å². The van der Waals surface area contributed by atoms with E-state index in [1.54, 1.807) is 43.3 Å². The number of benzene rings is 2. The Hall–Kier alpha value is -2.24. The van der Waals surface area contributed by atoms with E-state index in [2.05, 4.69) is 5.32 Å². The van der Waals surface area contributed by atoms with Gasteiger partial charge in [0, 0.05) is 18.6 Å². The third-order valence-electron chi connectivity index (χ3n) is 3.87. The van der Waals surface area contributed by atoms with Gasteiger partial charge in [0.2, 0.25) is 5.91 Å². The van der Waals surface area contributed by atoms with Crippen LogP contribution in [-0.2, 0) is 16.1 Å². The number of ether oxygens (including phenoxy) is 1. The minimum atomic E-state index is -0.655. The molecule has 1 N–H and O–H groups in total. The molecule has 0 aliphatic carbocycles. The maximum Gasteiger partial charge on any atom is 0.261 e. The predicted molar refractivity (Wildman–Crippen MR) is 102 cm³/mol. The van der Waals surface area contributed by atoms with E-state index < -0.39 is 6.04 Å². The Kier molecular flexibility index (Phi) is 7.30. The molecule has 26 heavy (non-hydrogen) atoms. The van der Waals surface area contributed by atoms with Gasteiger partial charge in [0.1, 0.15) is 11.8 Å². The first-order valence-corrected chi connectivity index (χ1v) is 8.80. The molecule has 0 fully saturated rings. The molecule has 0 saturated heterocycles. The Morgan fingerprint density at radius 3 is 2.38 bits per heavy atom. The number of likely N-dealkylation sites (N-methyl/N-ethyl adjacent to an activating group) is 1. The quantitative estimate of drug-likeness (QED) is 0.780. The minimum absolute atomic E-state index is 0.224. The van der Waals surface area contributed by atoms with Crippen molar-refractivity contribution in [3.05, 3.63) is 64.1 Å². The Bertz CT molecular complexity index is 766. The zero-order valence-electron chi connectivity index (χ0n) is 14.5. The third kappa shape index (κ3) is 5.38. The smallest absolute Gasteiger partial charge is 0.261 e. The third-order valence-corrected chi connectivity index (χ3v) is 4.43. The fraction of sp³-hybridized carbons (Fsp3) is 0.263. The molecule has 0 spiro atoms. The molecule has 0 saturated carbocycles. The van der Waals surface area contributed by atoms with Crippen molar-refractivity contribution in [3.63, 3.8) is 0 Å². The number of hydrogen-bond acceptors (Lipinski definition) is 3. The zero-order valence-corrected chi connectivity index (χ0v) is 16.1. The molecule has 2 aromatic rings. The number of para-hydroxylation sites is 1. The Balaban J connectivity index is 2.13. The van der Waals surface area contributed by atoms with Crippen molar-refractivity contribution in [2.75, 3.05) is 13.7 Å². The fourth-order valence-corrected chi connectivity index (χ4v) is 2.68. The summed E-state index contributed by atoms with van der Waals surface area (Å²) in [5, 5.41) is 3.59. The average Bonchev–Trinajstić information content (AvgIpc) is 2.65. The van der Waals surface area contributed by atoms with Gasteiger partial charge in [-0.15, -0.1) is 0 Å². The van der Waals surface area contributed by atoms with Gasteiger partial charge in [-0.25, -0.2) is 0 Å². The fourth-order valence-electron chi connectivity index (χ4n) is 2.36. The van der Waals surface area contributed by atoms with Crippen LogP contribution >= 0.6 is 23.2 Å². The summed E-state index contributed by atoms with van der Waals surface area (Å²) in [4.78, 5) is 26.2. The van der Waals surface area contributed by atoms with Crippen LogP contribution in [0, 0.1) is 0 Å². The van der Waals surface area contributed by atoms with Gasteiger partial charge in [-0.1, -0.05) is 47.5 Å². The average molecular weight is 395 g/mol. The number of carbonyl (C=O) groups is 2. The summed E-state index contributed by atoms with van der Waals surface area (Å²) in [6.07, 6.45) is 0. The lowest BCUT2D eigenvalue weighted by molar-refractivity contribution is -0.142. The van der Waals surface area contributed by atoms with Crippen molar-refractivity contribution < 1.29 is 14.3 Å². The summed E-state index contributed by atoms with van der Waals surface area (Å²) in [6.45, 7) is 1.71. The molecule has 0 aromatic heterocycles. The van der Waals surface area contributed by atoms with Crippen molar-refractivity contribution in [2.45, 2.75) is 19.5 Å². The van der Waals surface area contributed by atoms with Gasteiger partial charge in [0.05, 0.1) is 5.02 Å². The molecule has 0 aliphatic rings. The Morgan fingerprint density at radius 1 is 1.12 bits per heavy atom. The molecule has 138 valence electrons. The van der Waals surface area contributed by atoms with Crippen LogP contribution in [0.5, 0.6) is 5.75 Å². The molecule has 0 radical (unpaired) electrons. The van der Waals surface area contributed by atoms with E-state index in [9.17, 15) is 9.59 Å². The Morgan fingerprint density at radius 2 is 1.77 bits per heavy atom. The lowest BCUT2D eigenvalue weighted by Gasteiger charge is -2.28. The number of nitrogens with one attached hydrogen (secondary N) is 1. The van der Waals surface area contributed by atoms with Gasteiger partial charge in [0.25, 0.3) is 5.91 Å². The molecule has 0 bridgehead atoms. The molecule has 0 aliphatic heterocycles. The SMILES string of the molecule is CNC(=O)[C@H](C)N(Cc1ccc(Cl)cc1)C(=O)COc1ccccc1Cl. The van der Waals surface area contributed by atoms with E-state index in [0.29, 0.717) is 15.8 Å². The second kappa shape index (κ2) is 9.46. The maximum atomic E-state index is 12.7. The first-order chi connectivity index (χ1) is 12.4. The molecule has 1 atom stereocenters. The maximum absolute atomic E-state index is 12.7. The first-order valence-electron chi connectivity index (χ1n) is 8.05. The van der Waals surface area contributed by atoms with E-state index in [1.165, 1.54) is 11.9 Å². The molecular formula is C19H20Cl2N2O3. The van der Waals surface area contributed by atoms with Crippen LogP contribution in [0.2, 0.25) is 10.0 Å². The van der Waals surface area contributed by atoms with E-state index in [0.717, 1.165) is 5.56 Å². The van der Waals surface area contributed by atoms with Gasteiger partial charge >= 0.3 is 0 Å². The largest absolute Gasteiger partial charge is 0.482 e. The Labute approximate surface area is 162 Å². The summed E-state index contributed by atoms with van der Waals surface area (Å²) in [5.74, 6) is -0.164. The van der Waals surface area contributed by atoms with Crippen LogP contribution in [0.3, 0.4) is 0 Å². The van der Waals surface area contributed by atoms with Gasteiger partial charge in [-0.05, 0) is 36.8 Å². The van der Waals surface area contributed by atoms with Crippen LogP contribution in [0.4, 0.5) is 0 Å². The lowest BCUT2D eigenvalue weighted by atomic mass is 10.1. The number of nitrogens with zero attached hydrogens (tertiary/aromatic N) is 1. The molecule has 5 nitrogen and oxygen atoms in total. The number of rotatable bonds is 7. The summed E-state index contributed by atoms with van der Waals surface area (Å²) < 4.78 is 5.52. The minimum Gasteiger partial charge on any atom is -0.482 e. The first kappa shape index (κ1) is 20.1. The van der Waals surface area contributed by atoms with Crippen LogP contribution in [0.1, 0.15) is 12.5 Å². The molecular weight excluding hydrogens is 375 g/mol. The summed E-state index contributed by atoms with van der Waals surface area (Å²) in [5.41, 5.74) is 0.858. The summed E-state index contributed by atoms with van der Waals surface area (Å²) in [7, 11) is 1.53. The second-order valence-corrected chi connectivity index (χ2v) is 6.50. The highest BCUT2D eigenvalue weighted by Crippen LogP contribution is 2.23.